The number of amides is 1. The average molecular weight is 280 g/mol. The molecule has 0 saturated carbocycles. The van der Waals surface area contributed by atoms with Crippen molar-refractivity contribution in [2.75, 3.05) is 32.6 Å². The summed E-state index contributed by atoms with van der Waals surface area (Å²) in [4.78, 5) is 11.7. The lowest BCUT2D eigenvalue weighted by atomic mass is 9.90. The van der Waals surface area contributed by atoms with E-state index in [1.807, 2.05) is 0 Å². The zero-order valence-electron chi connectivity index (χ0n) is 12.4. The Labute approximate surface area is 120 Å². The van der Waals surface area contributed by atoms with E-state index in [-0.39, 0.29) is 17.9 Å². The molecular weight excluding hydrogens is 256 g/mol. The molecule has 5 heteroatoms. The maximum atomic E-state index is 11.7. The Kier molecular flexibility index (Phi) is 6.31. The minimum atomic E-state index is -0.141. The molecule has 0 aliphatic rings. The summed E-state index contributed by atoms with van der Waals surface area (Å²) in [7, 11) is 1.67. The lowest BCUT2D eigenvalue weighted by molar-refractivity contribution is -0.123. The van der Waals surface area contributed by atoms with Gasteiger partial charge >= 0.3 is 0 Å². The zero-order chi connectivity index (χ0) is 15.0. The molecule has 112 valence electrons. The standard InChI is InChI=1S/C15H24N2O3/c1-15(2,7-8-19-3)11-17-14(18)10-20-13-6-4-5-12(16)9-13/h4-6,9H,7-8,10-11,16H2,1-3H3,(H,17,18). The van der Waals surface area contributed by atoms with E-state index in [4.69, 9.17) is 15.2 Å². The van der Waals surface area contributed by atoms with Gasteiger partial charge in [-0.25, -0.2) is 0 Å². The summed E-state index contributed by atoms with van der Waals surface area (Å²) in [5, 5.41) is 2.87. The highest BCUT2D eigenvalue weighted by molar-refractivity contribution is 5.77. The van der Waals surface area contributed by atoms with Crippen molar-refractivity contribution >= 4 is 11.6 Å². The van der Waals surface area contributed by atoms with Gasteiger partial charge in [-0.05, 0) is 24.0 Å². The maximum absolute atomic E-state index is 11.7. The first kappa shape index (κ1) is 16.3. The third-order valence-corrected chi connectivity index (χ3v) is 2.98. The van der Waals surface area contributed by atoms with Gasteiger partial charge in [-0.15, -0.1) is 0 Å². The van der Waals surface area contributed by atoms with Crippen molar-refractivity contribution in [3.63, 3.8) is 0 Å². The van der Waals surface area contributed by atoms with Crippen LogP contribution in [0.5, 0.6) is 5.75 Å². The molecule has 0 aromatic heterocycles. The number of hydrogen-bond donors (Lipinski definition) is 2. The summed E-state index contributed by atoms with van der Waals surface area (Å²) in [6, 6.07) is 7.02. The van der Waals surface area contributed by atoms with E-state index in [0.29, 0.717) is 24.6 Å². The van der Waals surface area contributed by atoms with Crippen molar-refractivity contribution in [3.8, 4) is 5.75 Å². The fourth-order valence-electron chi connectivity index (χ4n) is 1.61. The summed E-state index contributed by atoms with van der Waals surface area (Å²) < 4.78 is 10.4. The van der Waals surface area contributed by atoms with E-state index in [1.165, 1.54) is 0 Å². The zero-order valence-corrected chi connectivity index (χ0v) is 12.4. The van der Waals surface area contributed by atoms with Gasteiger partial charge < -0.3 is 20.5 Å². The van der Waals surface area contributed by atoms with E-state index in [9.17, 15) is 4.79 Å². The molecule has 20 heavy (non-hydrogen) atoms. The van der Waals surface area contributed by atoms with Crippen LogP contribution in [0.15, 0.2) is 24.3 Å². The molecule has 5 nitrogen and oxygen atoms in total. The molecule has 0 aliphatic heterocycles. The smallest absolute Gasteiger partial charge is 0.257 e. The van der Waals surface area contributed by atoms with Crippen molar-refractivity contribution in [1.82, 2.24) is 5.32 Å². The van der Waals surface area contributed by atoms with Crippen molar-refractivity contribution in [3.05, 3.63) is 24.3 Å². The molecular formula is C15H24N2O3. The van der Waals surface area contributed by atoms with Crippen LogP contribution in [-0.2, 0) is 9.53 Å². The van der Waals surface area contributed by atoms with E-state index in [0.717, 1.165) is 6.42 Å². The van der Waals surface area contributed by atoms with Crippen LogP contribution in [-0.4, -0.2) is 32.8 Å². The van der Waals surface area contributed by atoms with Crippen LogP contribution in [0.25, 0.3) is 0 Å². The SMILES string of the molecule is COCCC(C)(C)CNC(=O)COc1cccc(N)c1. The van der Waals surface area contributed by atoms with E-state index in [2.05, 4.69) is 19.2 Å². The van der Waals surface area contributed by atoms with Crippen molar-refractivity contribution in [2.45, 2.75) is 20.3 Å². The number of nitrogens with one attached hydrogen (secondary N) is 1. The minimum absolute atomic E-state index is 0.00282. The van der Waals surface area contributed by atoms with Gasteiger partial charge in [0.15, 0.2) is 6.61 Å². The number of methoxy groups -OCH3 is 1. The molecule has 0 spiro atoms. The quantitative estimate of drug-likeness (QED) is 0.712. The third kappa shape index (κ3) is 6.43. The Balaban J connectivity index is 2.30. The van der Waals surface area contributed by atoms with Crippen molar-refractivity contribution in [1.29, 1.82) is 0 Å². The summed E-state index contributed by atoms with van der Waals surface area (Å²) in [6.07, 6.45) is 0.889. The van der Waals surface area contributed by atoms with Crippen LogP contribution < -0.4 is 15.8 Å². The normalized spacial score (nSPS) is 11.2. The first-order valence-corrected chi connectivity index (χ1v) is 6.67. The predicted octanol–water partition coefficient (Wildman–Crippen LogP) is 1.83. The van der Waals surface area contributed by atoms with Gasteiger partial charge in [0.05, 0.1) is 0 Å². The molecule has 0 fully saturated rings. The number of ether oxygens (including phenoxy) is 2. The topological polar surface area (TPSA) is 73.6 Å². The molecule has 1 rings (SSSR count). The monoisotopic (exact) mass is 280 g/mol. The Bertz CT molecular complexity index is 433. The van der Waals surface area contributed by atoms with Crippen LogP contribution in [0.1, 0.15) is 20.3 Å². The first-order chi connectivity index (χ1) is 9.43. The largest absolute Gasteiger partial charge is 0.484 e. The number of nitrogens with two attached hydrogens (primary N) is 1. The number of anilines is 1. The molecule has 1 aromatic carbocycles. The van der Waals surface area contributed by atoms with Gasteiger partial charge in [-0.2, -0.15) is 0 Å². The van der Waals surface area contributed by atoms with E-state index in [1.54, 1.807) is 31.4 Å². The highest BCUT2D eigenvalue weighted by Crippen LogP contribution is 2.18. The number of carbonyl (C=O) groups is 1. The molecule has 0 saturated heterocycles. The van der Waals surface area contributed by atoms with E-state index < -0.39 is 0 Å². The molecule has 0 aliphatic carbocycles. The molecule has 0 unspecified atom stereocenters. The van der Waals surface area contributed by atoms with Crippen LogP contribution in [0.2, 0.25) is 0 Å². The Morgan fingerprint density at radius 2 is 2.15 bits per heavy atom. The summed E-state index contributed by atoms with van der Waals surface area (Å²) >= 11 is 0. The molecule has 0 heterocycles. The van der Waals surface area contributed by atoms with Gasteiger partial charge in [0.1, 0.15) is 5.75 Å². The van der Waals surface area contributed by atoms with Crippen LogP contribution in [0.4, 0.5) is 5.69 Å². The molecule has 3 N–H and O–H groups in total. The Hall–Kier alpha value is -1.75. The van der Waals surface area contributed by atoms with Crippen LogP contribution in [0, 0.1) is 5.41 Å². The Morgan fingerprint density at radius 3 is 2.80 bits per heavy atom. The number of benzene rings is 1. The fourth-order valence-corrected chi connectivity index (χ4v) is 1.61. The second-order valence-corrected chi connectivity index (χ2v) is 5.54. The van der Waals surface area contributed by atoms with Crippen LogP contribution in [0.3, 0.4) is 0 Å². The van der Waals surface area contributed by atoms with Gasteiger partial charge in [0, 0.05) is 32.0 Å². The highest BCUT2D eigenvalue weighted by atomic mass is 16.5. The molecule has 0 radical (unpaired) electrons. The molecule has 0 atom stereocenters. The molecule has 1 aromatic rings. The lowest BCUT2D eigenvalue weighted by Gasteiger charge is -2.24. The predicted molar refractivity (Wildman–Crippen MR) is 79.6 cm³/mol. The highest BCUT2D eigenvalue weighted by Gasteiger charge is 2.18. The number of rotatable bonds is 8. The molecule has 0 bridgehead atoms. The van der Waals surface area contributed by atoms with Gasteiger partial charge in [-0.3, -0.25) is 4.79 Å². The summed E-state index contributed by atoms with van der Waals surface area (Å²) in [6.45, 7) is 5.44. The first-order valence-electron chi connectivity index (χ1n) is 6.67. The third-order valence-electron chi connectivity index (χ3n) is 2.98. The maximum Gasteiger partial charge on any atom is 0.257 e. The number of nitrogen functional groups attached to an aromatic ring is 1. The second kappa shape index (κ2) is 7.75. The van der Waals surface area contributed by atoms with Gasteiger partial charge in [0.25, 0.3) is 5.91 Å². The average Bonchev–Trinajstić information content (AvgIpc) is 2.41. The second-order valence-electron chi connectivity index (χ2n) is 5.54. The van der Waals surface area contributed by atoms with Gasteiger partial charge in [0.2, 0.25) is 0 Å². The van der Waals surface area contributed by atoms with E-state index >= 15 is 0 Å². The number of carbonyl (C=O) groups excluding carboxylic acids is 1. The summed E-state index contributed by atoms with van der Waals surface area (Å²) in [5.74, 6) is 0.455. The summed E-state index contributed by atoms with van der Waals surface area (Å²) in [5.41, 5.74) is 6.25. The van der Waals surface area contributed by atoms with Crippen LogP contribution >= 0.6 is 0 Å². The fraction of sp³-hybridized carbons (Fsp3) is 0.533. The Morgan fingerprint density at radius 1 is 1.40 bits per heavy atom. The minimum Gasteiger partial charge on any atom is -0.484 e. The number of hydrogen-bond acceptors (Lipinski definition) is 4. The molecule has 1 amide bonds. The van der Waals surface area contributed by atoms with Gasteiger partial charge in [-0.1, -0.05) is 19.9 Å². The van der Waals surface area contributed by atoms with Crippen molar-refractivity contribution in [2.24, 2.45) is 5.41 Å². The van der Waals surface area contributed by atoms with Crippen molar-refractivity contribution < 1.29 is 14.3 Å². The lowest BCUT2D eigenvalue weighted by Crippen LogP contribution is -2.37.